The van der Waals surface area contributed by atoms with Gasteiger partial charge in [-0.15, -0.1) is 0 Å². The molecule has 0 saturated heterocycles. The van der Waals surface area contributed by atoms with Gasteiger partial charge in [0.1, 0.15) is 0 Å². The van der Waals surface area contributed by atoms with Gasteiger partial charge < -0.3 is 9.84 Å². The SMILES string of the molecule is CCCCCCCCC(CC(=O)O)C(=O)OC. The van der Waals surface area contributed by atoms with Crippen molar-refractivity contribution in [3.05, 3.63) is 0 Å². The Labute approximate surface area is 103 Å². The number of carboxylic acids is 1. The standard InChI is InChI=1S/C13H24O4/c1-3-4-5-6-7-8-9-11(10-12(14)15)13(16)17-2/h11H,3-10H2,1-2H3,(H,14,15). The molecule has 0 rings (SSSR count). The van der Waals surface area contributed by atoms with Crippen LogP contribution in [0.15, 0.2) is 0 Å². The number of aliphatic carboxylic acids is 1. The zero-order chi connectivity index (χ0) is 13.1. The minimum absolute atomic E-state index is 0.123. The summed E-state index contributed by atoms with van der Waals surface area (Å²) in [6, 6.07) is 0. The van der Waals surface area contributed by atoms with Gasteiger partial charge in [-0.05, 0) is 6.42 Å². The number of esters is 1. The molecule has 0 aromatic carbocycles. The van der Waals surface area contributed by atoms with Crippen LogP contribution in [0.2, 0.25) is 0 Å². The fourth-order valence-corrected chi connectivity index (χ4v) is 1.85. The second kappa shape index (κ2) is 10.1. The monoisotopic (exact) mass is 244 g/mol. The van der Waals surface area contributed by atoms with Crippen LogP contribution in [-0.4, -0.2) is 24.2 Å². The first kappa shape index (κ1) is 15.9. The van der Waals surface area contributed by atoms with Gasteiger partial charge in [0, 0.05) is 0 Å². The van der Waals surface area contributed by atoms with Gasteiger partial charge in [-0.2, -0.15) is 0 Å². The summed E-state index contributed by atoms with van der Waals surface area (Å²) < 4.78 is 4.61. The van der Waals surface area contributed by atoms with Crippen molar-refractivity contribution < 1.29 is 19.4 Å². The van der Waals surface area contributed by atoms with E-state index in [2.05, 4.69) is 11.7 Å². The second-order valence-corrected chi connectivity index (χ2v) is 4.37. The van der Waals surface area contributed by atoms with Crippen molar-refractivity contribution in [1.29, 1.82) is 0 Å². The van der Waals surface area contributed by atoms with E-state index in [1.54, 1.807) is 0 Å². The number of carboxylic acid groups (broad SMARTS) is 1. The van der Waals surface area contributed by atoms with E-state index in [1.807, 2.05) is 0 Å². The van der Waals surface area contributed by atoms with Crippen molar-refractivity contribution in [2.45, 2.75) is 58.3 Å². The van der Waals surface area contributed by atoms with E-state index in [9.17, 15) is 9.59 Å². The van der Waals surface area contributed by atoms with Crippen LogP contribution in [0.4, 0.5) is 0 Å². The van der Waals surface area contributed by atoms with Gasteiger partial charge in [0.25, 0.3) is 0 Å². The number of hydrogen-bond donors (Lipinski definition) is 1. The first-order valence-corrected chi connectivity index (χ1v) is 6.41. The lowest BCUT2D eigenvalue weighted by Crippen LogP contribution is -2.19. The first-order valence-electron chi connectivity index (χ1n) is 6.41. The predicted octanol–water partition coefficient (Wildman–Crippen LogP) is 3.00. The molecule has 0 aromatic heterocycles. The van der Waals surface area contributed by atoms with E-state index in [-0.39, 0.29) is 6.42 Å². The zero-order valence-electron chi connectivity index (χ0n) is 10.9. The van der Waals surface area contributed by atoms with Crippen LogP contribution in [0.3, 0.4) is 0 Å². The minimum atomic E-state index is -0.939. The molecule has 0 saturated carbocycles. The van der Waals surface area contributed by atoms with Crippen LogP contribution >= 0.6 is 0 Å². The quantitative estimate of drug-likeness (QED) is 0.474. The van der Waals surface area contributed by atoms with Gasteiger partial charge in [-0.1, -0.05) is 45.4 Å². The van der Waals surface area contributed by atoms with Gasteiger partial charge in [-0.25, -0.2) is 0 Å². The molecule has 1 atom stereocenters. The molecule has 1 unspecified atom stereocenters. The van der Waals surface area contributed by atoms with Crippen molar-refractivity contribution >= 4 is 11.9 Å². The maximum absolute atomic E-state index is 11.3. The summed E-state index contributed by atoms with van der Waals surface area (Å²) >= 11 is 0. The van der Waals surface area contributed by atoms with Crippen molar-refractivity contribution in [3.63, 3.8) is 0 Å². The fraction of sp³-hybridized carbons (Fsp3) is 0.846. The minimum Gasteiger partial charge on any atom is -0.481 e. The Morgan fingerprint density at radius 2 is 1.71 bits per heavy atom. The van der Waals surface area contributed by atoms with Gasteiger partial charge in [0.05, 0.1) is 19.4 Å². The smallest absolute Gasteiger partial charge is 0.309 e. The third-order valence-corrected chi connectivity index (χ3v) is 2.86. The van der Waals surface area contributed by atoms with Crippen LogP contribution in [0, 0.1) is 5.92 Å². The Balaban J connectivity index is 3.76. The Morgan fingerprint density at radius 1 is 1.12 bits per heavy atom. The van der Waals surface area contributed by atoms with Gasteiger partial charge >= 0.3 is 11.9 Å². The second-order valence-electron chi connectivity index (χ2n) is 4.37. The Morgan fingerprint density at radius 3 is 2.24 bits per heavy atom. The molecule has 0 bridgehead atoms. The van der Waals surface area contributed by atoms with Gasteiger partial charge in [-0.3, -0.25) is 9.59 Å². The molecule has 0 amide bonds. The van der Waals surface area contributed by atoms with Crippen LogP contribution < -0.4 is 0 Å². The molecule has 0 fully saturated rings. The maximum Gasteiger partial charge on any atom is 0.309 e. The summed E-state index contributed by atoms with van der Waals surface area (Å²) in [6.45, 7) is 2.17. The third-order valence-electron chi connectivity index (χ3n) is 2.86. The van der Waals surface area contributed by atoms with Crippen molar-refractivity contribution in [2.24, 2.45) is 5.92 Å². The summed E-state index contributed by atoms with van der Waals surface area (Å²) in [6.07, 6.45) is 7.29. The summed E-state index contributed by atoms with van der Waals surface area (Å²) in [4.78, 5) is 21.9. The summed E-state index contributed by atoms with van der Waals surface area (Å²) in [5, 5.41) is 8.69. The molecule has 0 spiro atoms. The predicted molar refractivity (Wildman–Crippen MR) is 65.8 cm³/mol. The lowest BCUT2D eigenvalue weighted by Gasteiger charge is -2.11. The number of carbonyl (C=O) groups excluding carboxylic acids is 1. The third kappa shape index (κ3) is 8.72. The molecular weight excluding hydrogens is 220 g/mol. The molecule has 0 heterocycles. The van der Waals surface area contributed by atoms with E-state index >= 15 is 0 Å². The molecule has 1 N–H and O–H groups in total. The van der Waals surface area contributed by atoms with E-state index in [1.165, 1.54) is 26.4 Å². The lowest BCUT2D eigenvalue weighted by molar-refractivity contribution is -0.151. The molecule has 4 nitrogen and oxygen atoms in total. The van der Waals surface area contributed by atoms with E-state index in [0.29, 0.717) is 6.42 Å². The van der Waals surface area contributed by atoms with Crippen molar-refractivity contribution in [1.82, 2.24) is 0 Å². The molecular formula is C13H24O4. The van der Waals surface area contributed by atoms with Crippen molar-refractivity contribution in [3.8, 4) is 0 Å². The maximum atomic E-state index is 11.3. The highest BCUT2D eigenvalue weighted by molar-refractivity contribution is 5.78. The largest absolute Gasteiger partial charge is 0.481 e. The lowest BCUT2D eigenvalue weighted by atomic mass is 9.97. The summed E-state index contributed by atoms with van der Waals surface area (Å²) in [5.41, 5.74) is 0. The molecule has 0 aliphatic rings. The Bertz CT molecular complexity index is 225. The zero-order valence-corrected chi connectivity index (χ0v) is 10.9. The topological polar surface area (TPSA) is 63.6 Å². The number of carbonyl (C=O) groups is 2. The van der Waals surface area contributed by atoms with E-state index in [4.69, 9.17) is 5.11 Å². The number of ether oxygens (including phenoxy) is 1. The molecule has 100 valence electrons. The Hall–Kier alpha value is -1.06. The van der Waals surface area contributed by atoms with Gasteiger partial charge in [0.2, 0.25) is 0 Å². The molecule has 0 radical (unpaired) electrons. The Kier molecular flexibility index (Phi) is 9.49. The number of rotatable bonds is 10. The van der Waals surface area contributed by atoms with Crippen LogP contribution in [0.1, 0.15) is 58.3 Å². The van der Waals surface area contributed by atoms with Crippen LogP contribution in [0.25, 0.3) is 0 Å². The highest BCUT2D eigenvalue weighted by Crippen LogP contribution is 2.16. The number of unbranched alkanes of at least 4 members (excludes halogenated alkanes) is 5. The number of methoxy groups -OCH3 is 1. The van der Waals surface area contributed by atoms with Crippen LogP contribution in [-0.2, 0) is 14.3 Å². The van der Waals surface area contributed by atoms with E-state index in [0.717, 1.165) is 19.3 Å². The molecule has 0 aromatic rings. The highest BCUT2D eigenvalue weighted by atomic mass is 16.5. The summed E-state index contributed by atoms with van der Waals surface area (Å²) in [5.74, 6) is -1.82. The molecule has 17 heavy (non-hydrogen) atoms. The first-order chi connectivity index (χ1) is 8.11. The average Bonchev–Trinajstić information content (AvgIpc) is 2.30. The van der Waals surface area contributed by atoms with Gasteiger partial charge in [0.15, 0.2) is 0 Å². The fourth-order valence-electron chi connectivity index (χ4n) is 1.85. The highest BCUT2D eigenvalue weighted by Gasteiger charge is 2.21. The number of hydrogen-bond acceptors (Lipinski definition) is 3. The summed E-state index contributed by atoms with van der Waals surface area (Å²) in [7, 11) is 1.30. The van der Waals surface area contributed by atoms with Crippen molar-refractivity contribution in [2.75, 3.05) is 7.11 Å². The molecule has 0 aliphatic heterocycles. The average molecular weight is 244 g/mol. The normalized spacial score (nSPS) is 12.1. The molecule has 0 aliphatic carbocycles. The van der Waals surface area contributed by atoms with Crippen LogP contribution in [0.5, 0.6) is 0 Å². The van der Waals surface area contributed by atoms with E-state index < -0.39 is 17.9 Å². The molecule has 4 heteroatoms.